The highest BCUT2D eigenvalue weighted by Gasteiger charge is 2.31. The van der Waals surface area contributed by atoms with Crippen LogP contribution in [0.4, 0.5) is 0 Å². The Balaban J connectivity index is 3.90. The Morgan fingerprint density at radius 1 is 1.75 bits per heavy atom. The van der Waals surface area contributed by atoms with E-state index in [4.69, 9.17) is 28.0 Å². The Bertz CT molecular complexity index is 118. The van der Waals surface area contributed by atoms with Crippen molar-refractivity contribution in [3.05, 3.63) is 10.4 Å². The molecule has 0 amide bonds. The summed E-state index contributed by atoms with van der Waals surface area (Å²) in [5.41, 5.74) is 7.85. The fourth-order valence-electron chi connectivity index (χ4n) is 0.122. The zero-order valence-corrected chi connectivity index (χ0v) is 6.66. The lowest BCUT2D eigenvalue weighted by Gasteiger charge is -1.91. The van der Waals surface area contributed by atoms with Gasteiger partial charge in [-0.2, -0.15) is 0 Å². The smallest absolute Gasteiger partial charge is 0.0273 e. The summed E-state index contributed by atoms with van der Waals surface area (Å²) in [6.45, 7) is 1.78. The standard InChI is InChI=1S/C2H5Cl2N3P/c1-2-8(3,4)7-6-5/h2H2,1H3/q+1. The topological polar surface area (TPSA) is 48.8 Å². The van der Waals surface area contributed by atoms with Crippen LogP contribution in [0.3, 0.4) is 0 Å². The van der Waals surface area contributed by atoms with E-state index in [1.54, 1.807) is 6.92 Å². The second-order valence-corrected chi connectivity index (χ2v) is 6.97. The number of nitrogens with zero attached hydrogens (tertiary/aromatic N) is 3. The molecule has 0 N–H and O–H groups in total. The van der Waals surface area contributed by atoms with Crippen molar-refractivity contribution in [3.63, 3.8) is 0 Å². The first-order chi connectivity index (χ1) is 3.62. The molecule has 0 aromatic rings. The van der Waals surface area contributed by atoms with Crippen molar-refractivity contribution in [2.24, 2.45) is 4.88 Å². The molecule has 0 aromatic carbocycles. The molecular formula is C2H5Cl2N3P+. The zero-order valence-electron chi connectivity index (χ0n) is 4.25. The lowest BCUT2D eigenvalue weighted by atomic mass is 11.0. The van der Waals surface area contributed by atoms with Gasteiger partial charge >= 0.3 is 6.12 Å². The van der Waals surface area contributed by atoms with Gasteiger partial charge in [0, 0.05) is 4.91 Å². The van der Waals surface area contributed by atoms with Crippen LogP contribution >= 0.6 is 28.6 Å². The monoisotopic (exact) mass is 172 g/mol. The van der Waals surface area contributed by atoms with Crippen molar-refractivity contribution < 1.29 is 0 Å². The fraction of sp³-hybridized carbons (Fsp3) is 1.00. The van der Waals surface area contributed by atoms with E-state index in [1.165, 1.54) is 0 Å². The number of hydrogen-bond acceptors (Lipinski definition) is 1. The summed E-state index contributed by atoms with van der Waals surface area (Å²) in [7, 11) is 0. The first kappa shape index (κ1) is 8.32. The largest absolute Gasteiger partial charge is 0.320 e. The minimum atomic E-state index is -2.27. The molecule has 0 unspecified atom stereocenters. The second kappa shape index (κ2) is 3.37. The summed E-state index contributed by atoms with van der Waals surface area (Å²) < 4.78 is 0. The van der Waals surface area contributed by atoms with Gasteiger partial charge < -0.3 is 0 Å². The molecule has 0 aliphatic rings. The second-order valence-electron chi connectivity index (χ2n) is 1.09. The van der Waals surface area contributed by atoms with Gasteiger partial charge in [0.1, 0.15) is 28.6 Å². The van der Waals surface area contributed by atoms with Crippen molar-refractivity contribution in [2.45, 2.75) is 6.92 Å². The molecule has 0 heterocycles. The first-order valence-electron chi connectivity index (χ1n) is 1.96. The third-order valence-corrected chi connectivity index (χ3v) is 3.49. The number of halogens is 2. The average Bonchev–Trinajstić information content (AvgIpc) is 1.67. The van der Waals surface area contributed by atoms with Crippen LogP contribution < -0.4 is 0 Å². The Morgan fingerprint density at radius 3 is 2.38 bits per heavy atom. The van der Waals surface area contributed by atoms with Gasteiger partial charge in [0.15, 0.2) is 0 Å². The van der Waals surface area contributed by atoms with Gasteiger partial charge in [-0.05, 0) is 12.5 Å². The Hall–Kier alpha value is 0.320. The van der Waals surface area contributed by atoms with Crippen LogP contribution in [-0.4, -0.2) is 6.16 Å². The van der Waals surface area contributed by atoms with E-state index in [9.17, 15) is 0 Å². The lowest BCUT2D eigenvalue weighted by Crippen LogP contribution is -1.68. The van der Waals surface area contributed by atoms with E-state index in [-0.39, 0.29) is 0 Å². The van der Waals surface area contributed by atoms with Crippen molar-refractivity contribution in [1.82, 2.24) is 0 Å². The quantitative estimate of drug-likeness (QED) is 0.265. The maximum atomic E-state index is 7.85. The summed E-state index contributed by atoms with van der Waals surface area (Å²) in [6.07, 6.45) is -1.74. The summed E-state index contributed by atoms with van der Waals surface area (Å²) in [6, 6.07) is 0. The van der Waals surface area contributed by atoms with Gasteiger partial charge in [-0.1, -0.05) is 0 Å². The molecule has 0 aliphatic heterocycles. The third kappa shape index (κ3) is 3.34. The van der Waals surface area contributed by atoms with Gasteiger partial charge in [0.2, 0.25) is 0 Å². The van der Waals surface area contributed by atoms with Crippen LogP contribution in [0.25, 0.3) is 10.4 Å². The van der Waals surface area contributed by atoms with Crippen LogP contribution in [0.1, 0.15) is 6.92 Å². The fourth-order valence-corrected chi connectivity index (χ4v) is 0.547. The summed E-state index contributed by atoms with van der Waals surface area (Å²) >= 11 is 11.0. The average molecular weight is 173 g/mol. The summed E-state index contributed by atoms with van der Waals surface area (Å²) in [5, 5.41) is 0. The van der Waals surface area contributed by atoms with Gasteiger partial charge in [-0.25, -0.2) is 0 Å². The summed E-state index contributed by atoms with van der Waals surface area (Å²) in [4.78, 5) is 5.69. The maximum absolute atomic E-state index is 7.85. The predicted molar refractivity (Wildman–Crippen MR) is 38.3 cm³/mol. The molecule has 0 aromatic heterocycles. The van der Waals surface area contributed by atoms with Crippen molar-refractivity contribution in [3.8, 4) is 0 Å². The van der Waals surface area contributed by atoms with Crippen molar-refractivity contribution in [2.75, 3.05) is 6.16 Å². The van der Waals surface area contributed by atoms with E-state index < -0.39 is 6.12 Å². The highest BCUT2D eigenvalue weighted by Crippen LogP contribution is 2.70. The van der Waals surface area contributed by atoms with Crippen LogP contribution in [0.15, 0.2) is 4.88 Å². The Kier molecular flexibility index (Phi) is 3.50. The van der Waals surface area contributed by atoms with E-state index in [1.807, 2.05) is 0 Å². The zero-order chi connectivity index (χ0) is 6.62. The first-order valence-corrected chi connectivity index (χ1v) is 5.70. The molecule has 0 aliphatic carbocycles. The van der Waals surface area contributed by atoms with E-state index in [0.29, 0.717) is 6.16 Å². The molecule has 0 spiro atoms. The van der Waals surface area contributed by atoms with Gasteiger partial charge in [-0.15, -0.1) is 0 Å². The molecule has 0 bridgehead atoms. The Morgan fingerprint density at radius 2 is 2.25 bits per heavy atom. The van der Waals surface area contributed by atoms with Crippen LogP contribution in [0.2, 0.25) is 0 Å². The molecule has 0 saturated carbocycles. The number of azide groups is 1. The van der Waals surface area contributed by atoms with Crippen LogP contribution in [0, 0.1) is 0 Å². The molecular weight excluding hydrogens is 168 g/mol. The predicted octanol–water partition coefficient (Wildman–Crippen LogP) is 3.56. The van der Waals surface area contributed by atoms with Crippen molar-refractivity contribution >= 4 is 28.6 Å². The molecule has 6 heteroatoms. The summed E-state index contributed by atoms with van der Waals surface area (Å²) in [5.74, 6) is 0. The molecule has 3 nitrogen and oxygen atoms in total. The van der Waals surface area contributed by atoms with Crippen LogP contribution in [0.5, 0.6) is 0 Å². The van der Waals surface area contributed by atoms with Gasteiger partial charge in [-0.3, -0.25) is 0 Å². The molecule has 0 rings (SSSR count). The van der Waals surface area contributed by atoms with Gasteiger partial charge in [0.05, 0.1) is 4.88 Å². The molecule has 0 radical (unpaired) electrons. The Labute approximate surface area is 57.6 Å². The number of rotatable bonds is 2. The highest BCUT2D eigenvalue weighted by atomic mass is 35.9. The SMILES string of the molecule is CC[P+](Cl)(Cl)N=[N+]=[N-]. The highest BCUT2D eigenvalue weighted by molar-refractivity contribution is 8.16. The number of hydrogen-bond donors (Lipinski definition) is 0. The van der Waals surface area contributed by atoms with Gasteiger partial charge in [0.25, 0.3) is 0 Å². The minimum absolute atomic E-state index is 0.528. The van der Waals surface area contributed by atoms with Crippen molar-refractivity contribution in [1.29, 1.82) is 0 Å². The third-order valence-electron chi connectivity index (χ3n) is 0.551. The normalized spacial score (nSPS) is 10.4. The van der Waals surface area contributed by atoms with E-state index in [2.05, 4.69) is 9.80 Å². The lowest BCUT2D eigenvalue weighted by molar-refractivity contribution is 1.48. The molecule has 0 fully saturated rings. The van der Waals surface area contributed by atoms with Crippen LogP contribution in [-0.2, 0) is 0 Å². The molecule has 0 atom stereocenters. The van der Waals surface area contributed by atoms with E-state index >= 15 is 0 Å². The van der Waals surface area contributed by atoms with E-state index in [0.717, 1.165) is 0 Å². The maximum Gasteiger partial charge on any atom is 0.320 e. The molecule has 46 valence electrons. The molecule has 8 heavy (non-hydrogen) atoms. The minimum Gasteiger partial charge on any atom is -0.0273 e. The molecule has 0 saturated heterocycles.